The molecule has 0 saturated carbocycles. The largest absolute Gasteiger partial charge is 0.478 e. The first-order valence-corrected chi connectivity index (χ1v) is 7.76. The van der Waals surface area contributed by atoms with Crippen LogP contribution in [0.25, 0.3) is 0 Å². The number of rotatable bonds is 5. The smallest absolute Gasteiger partial charge is 0.335 e. The summed E-state index contributed by atoms with van der Waals surface area (Å²) in [4.78, 5) is 14.8. The maximum atomic E-state index is 12.0. The van der Waals surface area contributed by atoms with Gasteiger partial charge in [-0.15, -0.1) is 0 Å². The summed E-state index contributed by atoms with van der Waals surface area (Å²) in [5.74, 6) is -1.18. The van der Waals surface area contributed by atoms with Crippen molar-refractivity contribution in [3.05, 3.63) is 59.3 Å². The lowest BCUT2D eigenvalue weighted by Gasteiger charge is -2.08. The van der Waals surface area contributed by atoms with Crippen molar-refractivity contribution in [1.29, 1.82) is 0 Å². The number of carbonyl (C=O) groups is 1. The molecule has 0 bridgehead atoms. The molecule has 21 heavy (non-hydrogen) atoms. The van der Waals surface area contributed by atoms with Gasteiger partial charge in [0.1, 0.15) is 5.82 Å². The zero-order valence-corrected chi connectivity index (χ0v) is 12.1. The monoisotopic (exact) mass is 306 g/mol. The van der Waals surface area contributed by atoms with Gasteiger partial charge >= 0.3 is 5.97 Å². The number of hydrogen-bond donors (Lipinski definition) is 2. The van der Waals surface area contributed by atoms with E-state index in [0.717, 1.165) is 5.56 Å². The average molecular weight is 306 g/mol. The molecular formula is C14H14N2O4S. The Kier molecular flexibility index (Phi) is 4.23. The fraction of sp³-hybridized carbons (Fsp3) is 0.143. The summed E-state index contributed by atoms with van der Waals surface area (Å²) in [6, 6.07) is 9.14. The number of benzene rings is 1. The van der Waals surface area contributed by atoms with E-state index in [-0.39, 0.29) is 17.1 Å². The molecule has 0 atom stereocenters. The van der Waals surface area contributed by atoms with E-state index in [0.29, 0.717) is 5.56 Å². The van der Waals surface area contributed by atoms with E-state index in [1.165, 1.54) is 18.2 Å². The van der Waals surface area contributed by atoms with Crippen LogP contribution in [-0.4, -0.2) is 24.5 Å². The Morgan fingerprint density at radius 3 is 2.67 bits per heavy atom. The number of sulfonamides is 1. The Labute approximate surface area is 122 Å². The number of hydrogen-bond acceptors (Lipinski definition) is 4. The molecule has 0 unspecified atom stereocenters. The van der Waals surface area contributed by atoms with Gasteiger partial charge in [-0.3, -0.25) is 4.72 Å². The van der Waals surface area contributed by atoms with Crippen LogP contribution in [0.5, 0.6) is 0 Å². The second kappa shape index (κ2) is 5.92. The van der Waals surface area contributed by atoms with Crippen molar-refractivity contribution in [2.24, 2.45) is 0 Å². The van der Waals surface area contributed by atoms with E-state index in [1.807, 2.05) is 6.92 Å². The number of aromatic carboxylic acids is 1. The van der Waals surface area contributed by atoms with Crippen LogP contribution in [-0.2, 0) is 15.8 Å². The molecule has 6 nitrogen and oxygen atoms in total. The van der Waals surface area contributed by atoms with Crippen molar-refractivity contribution in [1.82, 2.24) is 4.98 Å². The van der Waals surface area contributed by atoms with Gasteiger partial charge in [-0.25, -0.2) is 18.2 Å². The minimum Gasteiger partial charge on any atom is -0.478 e. The number of aryl methyl sites for hydroxylation is 1. The Balaban J connectivity index is 2.15. The number of nitrogens with zero attached hydrogens (tertiary/aromatic N) is 1. The lowest BCUT2D eigenvalue weighted by molar-refractivity contribution is 0.0696. The Morgan fingerprint density at radius 2 is 2.05 bits per heavy atom. The van der Waals surface area contributed by atoms with Crippen molar-refractivity contribution in [3.63, 3.8) is 0 Å². The predicted octanol–water partition coefficient (Wildman–Crippen LogP) is 2.03. The number of carboxylic acids is 1. The molecule has 2 rings (SSSR count). The van der Waals surface area contributed by atoms with Crippen molar-refractivity contribution in [2.45, 2.75) is 12.7 Å². The van der Waals surface area contributed by atoms with Gasteiger partial charge < -0.3 is 5.11 Å². The second-order valence-electron chi connectivity index (χ2n) is 4.59. The van der Waals surface area contributed by atoms with Gasteiger partial charge in [0.25, 0.3) is 0 Å². The molecule has 0 aliphatic rings. The topological polar surface area (TPSA) is 96.4 Å². The summed E-state index contributed by atoms with van der Waals surface area (Å²) >= 11 is 0. The highest BCUT2D eigenvalue weighted by Gasteiger charge is 2.13. The molecule has 0 amide bonds. The molecule has 110 valence electrons. The zero-order valence-electron chi connectivity index (χ0n) is 11.3. The van der Waals surface area contributed by atoms with Crippen LogP contribution in [0.15, 0.2) is 42.6 Å². The van der Waals surface area contributed by atoms with Crippen molar-refractivity contribution in [3.8, 4) is 0 Å². The van der Waals surface area contributed by atoms with Crippen LogP contribution in [0, 0.1) is 6.92 Å². The quantitative estimate of drug-likeness (QED) is 0.881. The molecule has 0 saturated heterocycles. The van der Waals surface area contributed by atoms with Crippen molar-refractivity contribution >= 4 is 21.8 Å². The van der Waals surface area contributed by atoms with E-state index in [1.54, 1.807) is 24.4 Å². The third-order valence-corrected chi connectivity index (χ3v) is 3.94. The normalized spacial score (nSPS) is 11.1. The van der Waals surface area contributed by atoms with E-state index in [4.69, 9.17) is 5.11 Å². The number of carboxylic acid groups (broad SMARTS) is 1. The Bertz CT molecular complexity index is 755. The summed E-state index contributed by atoms with van der Waals surface area (Å²) in [5.41, 5.74) is 1.37. The first kappa shape index (κ1) is 15.0. The molecule has 0 spiro atoms. The minimum absolute atomic E-state index is 0.0520. The molecule has 0 aliphatic carbocycles. The summed E-state index contributed by atoms with van der Waals surface area (Å²) in [7, 11) is -3.65. The summed E-state index contributed by atoms with van der Waals surface area (Å²) in [6.45, 7) is 1.85. The third kappa shape index (κ3) is 4.28. The number of pyridine rings is 1. The van der Waals surface area contributed by atoms with Gasteiger partial charge in [0, 0.05) is 6.20 Å². The lowest BCUT2D eigenvalue weighted by Crippen LogP contribution is -2.16. The lowest BCUT2D eigenvalue weighted by atomic mass is 10.1. The van der Waals surface area contributed by atoms with E-state index >= 15 is 0 Å². The van der Waals surface area contributed by atoms with Gasteiger partial charge in [0.2, 0.25) is 10.0 Å². The molecule has 2 N–H and O–H groups in total. The molecule has 2 aromatic rings. The van der Waals surface area contributed by atoms with Gasteiger partial charge in [0.05, 0.1) is 11.3 Å². The molecular weight excluding hydrogens is 292 g/mol. The third-order valence-electron chi connectivity index (χ3n) is 2.70. The SMILES string of the molecule is Cc1ccc(NS(=O)(=O)Cc2cccc(C(=O)O)c2)nc1. The molecule has 1 heterocycles. The first-order valence-electron chi connectivity index (χ1n) is 6.11. The maximum Gasteiger partial charge on any atom is 0.335 e. The van der Waals surface area contributed by atoms with Crippen LogP contribution < -0.4 is 4.72 Å². The van der Waals surface area contributed by atoms with Crippen LogP contribution in [0.1, 0.15) is 21.5 Å². The summed E-state index contributed by atoms with van der Waals surface area (Å²) < 4.78 is 26.4. The van der Waals surface area contributed by atoms with Gasteiger partial charge in [-0.1, -0.05) is 18.2 Å². The predicted molar refractivity (Wildman–Crippen MR) is 78.6 cm³/mol. The molecule has 1 aromatic carbocycles. The Morgan fingerprint density at radius 1 is 1.29 bits per heavy atom. The van der Waals surface area contributed by atoms with Gasteiger partial charge in [-0.05, 0) is 36.2 Å². The highest BCUT2D eigenvalue weighted by molar-refractivity contribution is 7.91. The highest BCUT2D eigenvalue weighted by atomic mass is 32.2. The molecule has 7 heteroatoms. The minimum atomic E-state index is -3.65. The summed E-state index contributed by atoms with van der Waals surface area (Å²) in [5, 5.41) is 8.89. The fourth-order valence-corrected chi connectivity index (χ4v) is 2.87. The van der Waals surface area contributed by atoms with Crippen LogP contribution >= 0.6 is 0 Å². The first-order chi connectivity index (χ1) is 9.85. The molecule has 0 aliphatic heterocycles. The number of anilines is 1. The zero-order chi connectivity index (χ0) is 15.5. The van der Waals surface area contributed by atoms with Crippen molar-refractivity contribution < 1.29 is 18.3 Å². The van der Waals surface area contributed by atoms with E-state index < -0.39 is 16.0 Å². The highest BCUT2D eigenvalue weighted by Crippen LogP contribution is 2.12. The van der Waals surface area contributed by atoms with Crippen LogP contribution in [0.3, 0.4) is 0 Å². The van der Waals surface area contributed by atoms with E-state index in [2.05, 4.69) is 9.71 Å². The molecule has 0 radical (unpaired) electrons. The maximum absolute atomic E-state index is 12.0. The Hall–Kier alpha value is -2.41. The van der Waals surface area contributed by atoms with Gasteiger partial charge in [0.15, 0.2) is 0 Å². The molecule has 0 fully saturated rings. The second-order valence-corrected chi connectivity index (χ2v) is 6.31. The fourth-order valence-electron chi connectivity index (χ4n) is 1.74. The van der Waals surface area contributed by atoms with Crippen LogP contribution in [0.4, 0.5) is 5.82 Å². The average Bonchev–Trinajstić information content (AvgIpc) is 2.41. The van der Waals surface area contributed by atoms with Gasteiger partial charge in [-0.2, -0.15) is 0 Å². The van der Waals surface area contributed by atoms with E-state index in [9.17, 15) is 13.2 Å². The van der Waals surface area contributed by atoms with Crippen molar-refractivity contribution in [2.75, 3.05) is 4.72 Å². The molecule has 1 aromatic heterocycles. The summed E-state index contributed by atoms with van der Waals surface area (Å²) in [6.07, 6.45) is 1.56. The number of aromatic nitrogens is 1. The van der Waals surface area contributed by atoms with Crippen LogP contribution in [0.2, 0.25) is 0 Å². The standard InChI is InChI=1S/C14H14N2O4S/c1-10-5-6-13(15-8-10)16-21(19,20)9-11-3-2-4-12(7-11)14(17)18/h2-8H,9H2,1H3,(H,15,16)(H,17,18). The number of nitrogens with one attached hydrogen (secondary N) is 1.